The number of Topliss-reactive ketones (excluding diaryl/α,β-unsaturated/α-hetero) is 1. The third-order valence-electron chi connectivity index (χ3n) is 3.58. The van der Waals surface area contributed by atoms with E-state index in [2.05, 4.69) is 32.6 Å². The van der Waals surface area contributed by atoms with Crippen LogP contribution in [0.15, 0.2) is 24.3 Å². The van der Waals surface area contributed by atoms with Gasteiger partial charge in [-0.15, -0.1) is 0 Å². The molecule has 0 spiro atoms. The van der Waals surface area contributed by atoms with E-state index in [0.29, 0.717) is 18.5 Å². The first-order chi connectivity index (χ1) is 9.67. The normalized spacial score (nSPS) is 21.2. The third kappa shape index (κ3) is 4.61. The third-order valence-corrected chi connectivity index (χ3v) is 3.58. The molecule has 1 saturated heterocycles. The number of carbonyl (C=O) groups excluding carboxylic acids is 1. The second kappa shape index (κ2) is 5.85. The fourth-order valence-corrected chi connectivity index (χ4v) is 3.14. The van der Waals surface area contributed by atoms with Crippen molar-refractivity contribution >= 4 is 5.78 Å². The van der Waals surface area contributed by atoms with Crippen molar-refractivity contribution in [3.05, 3.63) is 35.6 Å². The molecule has 1 aliphatic rings. The lowest BCUT2D eigenvalue weighted by Gasteiger charge is -2.47. The zero-order valence-electron chi connectivity index (χ0n) is 13.3. The number of carbonyl (C=O) groups is 1. The number of ether oxygens (including phenoxy) is 1. The minimum atomic E-state index is -0.316. The second-order valence-corrected chi connectivity index (χ2v) is 7.01. The van der Waals surface area contributed by atoms with Crippen LogP contribution < -0.4 is 0 Å². The first-order valence-corrected chi connectivity index (χ1v) is 7.38. The van der Waals surface area contributed by atoms with E-state index in [1.165, 1.54) is 12.1 Å². The maximum absolute atomic E-state index is 12.9. The van der Waals surface area contributed by atoms with E-state index in [4.69, 9.17) is 4.74 Å². The molecule has 0 atom stereocenters. The van der Waals surface area contributed by atoms with E-state index < -0.39 is 0 Å². The lowest BCUT2D eigenvalue weighted by atomic mass is 9.98. The molecule has 0 amide bonds. The zero-order valence-corrected chi connectivity index (χ0v) is 13.3. The van der Waals surface area contributed by atoms with Gasteiger partial charge < -0.3 is 4.74 Å². The van der Waals surface area contributed by atoms with Gasteiger partial charge in [-0.3, -0.25) is 9.69 Å². The Hall–Kier alpha value is -1.26. The number of ketones is 1. The minimum absolute atomic E-state index is 0.0529. The lowest BCUT2D eigenvalue weighted by Crippen LogP contribution is -2.57. The Morgan fingerprint density at radius 2 is 1.67 bits per heavy atom. The van der Waals surface area contributed by atoms with Gasteiger partial charge in [-0.05, 0) is 52.0 Å². The predicted molar refractivity (Wildman–Crippen MR) is 81.0 cm³/mol. The van der Waals surface area contributed by atoms with Crippen molar-refractivity contribution < 1.29 is 13.9 Å². The van der Waals surface area contributed by atoms with Crippen LogP contribution in [0.5, 0.6) is 0 Å². The lowest BCUT2D eigenvalue weighted by molar-refractivity contribution is -0.180. The van der Waals surface area contributed by atoms with Gasteiger partial charge >= 0.3 is 0 Å². The van der Waals surface area contributed by atoms with Gasteiger partial charge in [0.15, 0.2) is 5.78 Å². The highest BCUT2D eigenvalue weighted by Gasteiger charge is 2.37. The van der Waals surface area contributed by atoms with Crippen molar-refractivity contribution in [1.82, 2.24) is 4.90 Å². The molecule has 1 aliphatic heterocycles. The van der Waals surface area contributed by atoms with Crippen LogP contribution in [-0.4, -0.2) is 41.5 Å². The van der Waals surface area contributed by atoms with E-state index in [0.717, 1.165) is 13.1 Å². The molecule has 21 heavy (non-hydrogen) atoms. The Kier molecular flexibility index (Phi) is 4.49. The van der Waals surface area contributed by atoms with Crippen LogP contribution >= 0.6 is 0 Å². The highest BCUT2D eigenvalue weighted by atomic mass is 19.1. The van der Waals surface area contributed by atoms with E-state index in [-0.39, 0.29) is 22.8 Å². The molecule has 4 heteroatoms. The van der Waals surface area contributed by atoms with Gasteiger partial charge in [0, 0.05) is 31.6 Å². The molecule has 1 aromatic carbocycles. The molecule has 2 rings (SSSR count). The fourth-order valence-electron chi connectivity index (χ4n) is 3.14. The largest absolute Gasteiger partial charge is 0.367 e. The number of halogens is 1. The standard InChI is InChI=1S/C17H24FNO2/c1-16(2)11-19(12-17(3,4)21-16)10-9-15(20)13-5-7-14(18)8-6-13/h5-8H,9-12H2,1-4H3. The molecule has 0 aromatic heterocycles. The van der Waals surface area contributed by atoms with Crippen molar-refractivity contribution in [3.63, 3.8) is 0 Å². The fraction of sp³-hybridized carbons (Fsp3) is 0.588. The number of rotatable bonds is 4. The quantitative estimate of drug-likeness (QED) is 0.798. The first kappa shape index (κ1) is 16.1. The van der Waals surface area contributed by atoms with Crippen LogP contribution in [0.1, 0.15) is 44.5 Å². The summed E-state index contributed by atoms with van der Waals surface area (Å²) in [6.07, 6.45) is 0.442. The molecule has 0 aliphatic carbocycles. The highest BCUT2D eigenvalue weighted by Crippen LogP contribution is 2.28. The Morgan fingerprint density at radius 1 is 1.14 bits per heavy atom. The van der Waals surface area contributed by atoms with Gasteiger partial charge in [0.25, 0.3) is 0 Å². The zero-order chi connectivity index (χ0) is 15.7. The van der Waals surface area contributed by atoms with Crippen LogP contribution in [0.25, 0.3) is 0 Å². The Balaban J connectivity index is 1.93. The van der Waals surface area contributed by atoms with Crippen LogP contribution in [-0.2, 0) is 4.74 Å². The molecule has 3 nitrogen and oxygen atoms in total. The topological polar surface area (TPSA) is 29.5 Å². The van der Waals surface area contributed by atoms with Crippen molar-refractivity contribution in [2.24, 2.45) is 0 Å². The maximum atomic E-state index is 12.9. The van der Waals surface area contributed by atoms with Crippen molar-refractivity contribution in [2.45, 2.75) is 45.3 Å². The van der Waals surface area contributed by atoms with Gasteiger partial charge in [-0.2, -0.15) is 0 Å². The number of nitrogens with zero attached hydrogens (tertiary/aromatic N) is 1. The van der Waals surface area contributed by atoms with E-state index >= 15 is 0 Å². The molecule has 116 valence electrons. The van der Waals surface area contributed by atoms with Crippen molar-refractivity contribution in [2.75, 3.05) is 19.6 Å². The Labute approximate surface area is 126 Å². The number of morpholine rings is 1. The van der Waals surface area contributed by atoms with Crippen LogP contribution in [0.4, 0.5) is 4.39 Å². The van der Waals surface area contributed by atoms with E-state index in [9.17, 15) is 9.18 Å². The molecule has 1 heterocycles. The maximum Gasteiger partial charge on any atom is 0.164 e. The van der Waals surface area contributed by atoms with Gasteiger partial charge in [0.05, 0.1) is 11.2 Å². The number of hydrogen-bond donors (Lipinski definition) is 0. The van der Waals surface area contributed by atoms with E-state index in [1.807, 2.05) is 0 Å². The average molecular weight is 293 g/mol. The SMILES string of the molecule is CC1(C)CN(CCC(=O)c2ccc(F)cc2)CC(C)(C)O1. The van der Waals surface area contributed by atoms with Gasteiger partial charge in [0.1, 0.15) is 5.82 Å². The number of hydrogen-bond acceptors (Lipinski definition) is 3. The van der Waals surface area contributed by atoms with Crippen LogP contribution in [0.2, 0.25) is 0 Å². The summed E-state index contributed by atoms with van der Waals surface area (Å²) in [6.45, 7) is 10.6. The monoisotopic (exact) mass is 293 g/mol. The summed E-state index contributed by atoms with van der Waals surface area (Å²) in [5.74, 6) is -0.264. The summed E-state index contributed by atoms with van der Waals surface area (Å²) in [6, 6.07) is 5.75. The molecule has 0 N–H and O–H groups in total. The predicted octanol–water partition coefficient (Wildman–Crippen LogP) is 3.29. The molecular formula is C17H24FNO2. The summed E-state index contributed by atoms with van der Waals surface area (Å²) in [5, 5.41) is 0. The molecular weight excluding hydrogens is 269 g/mol. The Morgan fingerprint density at radius 3 is 2.19 bits per heavy atom. The van der Waals surface area contributed by atoms with Crippen molar-refractivity contribution in [1.29, 1.82) is 0 Å². The van der Waals surface area contributed by atoms with E-state index in [1.54, 1.807) is 12.1 Å². The molecule has 0 bridgehead atoms. The number of benzene rings is 1. The van der Waals surface area contributed by atoms with Gasteiger partial charge in [0.2, 0.25) is 0 Å². The summed E-state index contributed by atoms with van der Waals surface area (Å²) in [7, 11) is 0. The van der Waals surface area contributed by atoms with Gasteiger partial charge in [-0.1, -0.05) is 0 Å². The molecule has 1 fully saturated rings. The molecule has 1 aromatic rings. The highest BCUT2D eigenvalue weighted by molar-refractivity contribution is 5.96. The second-order valence-electron chi connectivity index (χ2n) is 7.01. The summed E-state index contributed by atoms with van der Waals surface area (Å²) < 4.78 is 18.9. The molecule has 0 radical (unpaired) electrons. The van der Waals surface area contributed by atoms with Crippen molar-refractivity contribution in [3.8, 4) is 0 Å². The smallest absolute Gasteiger partial charge is 0.164 e. The minimum Gasteiger partial charge on any atom is -0.367 e. The first-order valence-electron chi connectivity index (χ1n) is 7.38. The average Bonchev–Trinajstić information content (AvgIpc) is 2.33. The van der Waals surface area contributed by atoms with Gasteiger partial charge in [-0.25, -0.2) is 4.39 Å². The Bertz CT molecular complexity index is 492. The summed E-state index contributed by atoms with van der Waals surface area (Å²) in [4.78, 5) is 14.4. The van der Waals surface area contributed by atoms with Crippen LogP contribution in [0, 0.1) is 5.82 Å². The van der Waals surface area contributed by atoms with Crippen LogP contribution in [0.3, 0.4) is 0 Å². The molecule has 0 unspecified atom stereocenters. The molecule has 0 saturated carbocycles. The summed E-state index contributed by atoms with van der Waals surface area (Å²) in [5.41, 5.74) is 0.157. The summed E-state index contributed by atoms with van der Waals surface area (Å²) >= 11 is 0.